The number of hydrogen-bond acceptors (Lipinski definition) is 4. The van der Waals surface area contributed by atoms with Crippen molar-refractivity contribution in [3.05, 3.63) is 29.3 Å². The number of barbiturate groups is 1. The lowest BCUT2D eigenvalue weighted by molar-refractivity contribution is -0.152. The molecule has 3 rings (SSSR count). The molecule has 1 aromatic carbocycles. The SMILES string of the molecule is CC[C@H](C)N1C(=O)NC(=O)[C@@]2(Cc3cc(C)ccc3N(C)C2)C1=O. The number of fused-ring (bicyclic) bond motifs is 1. The molecule has 2 heterocycles. The minimum Gasteiger partial charge on any atom is -0.373 e. The molecular weight excluding hydrogens is 306 g/mol. The van der Waals surface area contributed by atoms with Crippen molar-refractivity contribution in [3.8, 4) is 0 Å². The highest BCUT2D eigenvalue weighted by Crippen LogP contribution is 2.40. The van der Waals surface area contributed by atoms with E-state index in [1.807, 2.05) is 50.9 Å². The summed E-state index contributed by atoms with van der Waals surface area (Å²) in [7, 11) is 1.87. The molecule has 1 fully saturated rings. The first-order chi connectivity index (χ1) is 11.3. The van der Waals surface area contributed by atoms with Crippen molar-refractivity contribution in [1.82, 2.24) is 10.2 Å². The van der Waals surface area contributed by atoms with Crippen LogP contribution in [-0.4, -0.2) is 42.4 Å². The summed E-state index contributed by atoms with van der Waals surface area (Å²) in [5, 5.41) is 2.40. The van der Waals surface area contributed by atoms with E-state index in [1.54, 1.807) is 0 Å². The van der Waals surface area contributed by atoms with E-state index in [1.165, 1.54) is 4.90 Å². The van der Waals surface area contributed by atoms with E-state index in [4.69, 9.17) is 0 Å². The Morgan fingerprint density at radius 3 is 2.67 bits per heavy atom. The van der Waals surface area contributed by atoms with Crippen LogP contribution in [0.25, 0.3) is 0 Å². The van der Waals surface area contributed by atoms with Crippen LogP contribution in [0.3, 0.4) is 0 Å². The number of benzene rings is 1. The van der Waals surface area contributed by atoms with Crippen molar-refractivity contribution in [2.45, 2.75) is 39.7 Å². The molecule has 2 aliphatic rings. The van der Waals surface area contributed by atoms with Gasteiger partial charge in [0.15, 0.2) is 0 Å². The standard InChI is InChI=1S/C18H23N3O3/c1-5-12(3)21-16(23)18(15(22)19-17(21)24)9-13-8-11(2)6-7-14(13)20(4)10-18/h6-8,12H,5,9-10H2,1-4H3,(H,19,22,24)/t12-,18-/m0/s1. The van der Waals surface area contributed by atoms with Crippen molar-refractivity contribution < 1.29 is 14.4 Å². The maximum atomic E-state index is 13.2. The number of amides is 4. The number of nitrogens with zero attached hydrogens (tertiary/aromatic N) is 2. The van der Waals surface area contributed by atoms with Crippen molar-refractivity contribution in [3.63, 3.8) is 0 Å². The Morgan fingerprint density at radius 2 is 2.00 bits per heavy atom. The number of nitrogens with one attached hydrogen (secondary N) is 1. The molecule has 1 N–H and O–H groups in total. The Hall–Kier alpha value is -2.37. The Bertz CT molecular complexity index is 730. The van der Waals surface area contributed by atoms with Gasteiger partial charge in [-0.15, -0.1) is 0 Å². The molecule has 1 spiro atoms. The maximum Gasteiger partial charge on any atom is 0.331 e. The highest BCUT2D eigenvalue weighted by molar-refractivity contribution is 6.20. The third kappa shape index (κ3) is 2.28. The largest absolute Gasteiger partial charge is 0.373 e. The van der Waals surface area contributed by atoms with E-state index < -0.39 is 17.4 Å². The van der Waals surface area contributed by atoms with Crippen LogP contribution in [-0.2, 0) is 16.0 Å². The van der Waals surface area contributed by atoms with Gasteiger partial charge in [0.05, 0.1) is 0 Å². The quantitative estimate of drug-likeness (QED) is 0.841. The second-order valence-electron chi connectivity index (χ2n) is 6.94. The highest BCUT2D eigenvalue weighted by Gasteiger charge is 2.56. The summed E-state index contributed by atoms with van der Waals surface area (Å²) in [4.78, 5) is 41.2. The van der Waals surface area contributed by atoms with Crippen LogP contribution in [0.15, 0.2) is 18.2 Å². The molecule has 0 bridgehead atoms. The third-order valence-corrected chi connectivity index (χ3v) is 5.18. The number of urea groups is 1. The molecule has 0 saturated carbocycles. The lowest BCUT2D eigenvalue weighted by atomic mass is 9.74. The Balaban J connectivity index is 2.07. The normalized spacial score (nSPS) is 24.9. The van der Waals surface area contributed by atoms with Gasteiger partial charge in [0, 0.05) is 25.3 Å². The van der Waals surface area contributed by atoms with Crippen LogP contribution in [0.1, 0.15) is 31.4 Å². The summed E-state index contributed by atoms with van der Waals surface area (Å²) in [6.07, 6.45) is 0.966. The van der Waals surface area contributed by atoms with Crippen molar-refractivity contribution in [1.29, 1.82) is 0 Å². The van der Waals surface area contributed by atoms with E-state index in [-0.39, 0.29) is 18.5 Å². The number of carbonyl (C=O) groups is 3. The van der Waals surface area contributed by atoms with E-state index in [2.05, 4.69) is 5.32 Å². The lowest BCUT2D eigenvalue weighted by Crippen LogP contribution is -2.69. The number of anilines is 1. The van der Waals surface area contributed by atoms with E-state index in [9.17, 15) is 14.4 Å². The number of rotatable bonds is 2. The zero-order valence-corrected chi connectivity index (χ0v) is 14.5. The van der Waals surface area contributed by atoms with Crippen molar-refractivity contribution >= 4 is 23.5 Å². The van der Waals surface area contributed by atoms with Crippen LogP contribution in [0, 0.1) is 12.3 Å². The fourth-order valence-electron chi connectivity index (χ4n) is 3.67. The third-order valence-electron chi connectivity index (χ3n) is 5.18. The summed E-state index contributed by atoms with van der Waals surface area (Å²) in [6, 6.07) is 5.19. The smallest absolute Gasteiger partial charge is 0.331 e. The molecule has 24 heavy (non-hydrogen) atoms. The molecule has 1 saturated heterocycles. The summed E-state index contributed by atoms with van der Waals surface area (Å²) in [6.45, 7) is 6.00. The summed E-state index contributed by atoms with van der Waals surface area (Å²) in [5.74, 6) is -0.874. The molecule has 0 radical (unpaired) electrons. The van der Waals surface area contributed by atoms with Gasteiger partial charge in [-0.3, -0.25) is 19.8 Å². The van der Waals surface area contributed by atoms with E-state index in [0.717, 1.165) is 16.8 Å². The molecular formula is C18H23N3O3. The number of aryl methyl sites for hydroxylation is 1. The average molecular weight is 329 g/mol. The molecule has 4 amide bonds. The van der Waals surface area contributed by atoms with Crippen LogP contribution in [0.4, 0.5) is 10.5 Å². The molecule has 1 aromatic rings. The fraction of sp³-hybridized carbons (Fsp3) is 0.500. The van der Waals surface area contributed by atoms with Crippen molar-refractivity contribution in [2.75, 3.05) is 18.5 Å². The van der Waals surface area contributed by atoms with Gasteiger partial charge in [-0.05, 0) is 38.3 Å². The lowest BCUT2D eigenvalue weighted by Gasteiger charge is -2.46. The molecule has 128 valence electrons. The Labute approximate surface area is 141 Å². The van der Waals surface area contributed by atoms with Gasteiger partial charge in [0.1, 0.15) is 5.41 Å². The summed E-state index contributed by atoms with van der Waals surface area (Å²) >= 11 is 0. The van der Waals surface area contributed by atoms with Crippen LogP contribution < -0.4 is 10.2 Å². The van der Waals surface area contributed by atoms with E-state index in [0.29, 0.717) is 12.8 Å². The predicted molar refractivity (Wildman–Crippen MR) is 90.7 cm³/mol. The van der Waals surface area contributed by atoms with Crippen LogP contribution in [0.5, 0.6) is 0 Å². The predicted octanol–water partition coefficient (Wildman–Crippen LogP) is 1.85. The fourth-order valence-corrected chi connectivity index (χ4v) is 3.67. The minimum atomic E-state index is -1.24. The van der Waals surface area contributed by atoms with Crippen LogP contribution in [0.2, 0.25) is 0 Å². The Kier molecular flexibility index (Phi) is 3.86. The Morgan fingerprint density at radius 1 is 1.29 bits per heavy atom. The van der Waals surface area contributed by atoms with Crippen LogP contribution >= 0.6 is 0 Å². The number of hydrogen-bond donors (Lipinski definition) is 1. The first-order valence-corrected chi connectivity index (χ1v) is 8.30. The van der Waals surface area contributed by atoms with Gasteiger partial charge in [-0.2, -0.15) is 0 Å². The highest BCUT2D eigenvalue weighted by atomic mass is 16.2. The van der Waals surface area contributed by atoms with Gasteiger partial charge in [0.25, 0.3) is 0 Å². The molecule has 0 unspecified atom stereocenters. The molecule has 0 aliphatic carbocycles. The van der Waals surface area contributed by atoms with Gasteiger partial charge in [-0.25, -0.2) is 4.79 Å². The second-order valence-corrected chi connectivity index (χ2v) is 6.94. The monoisotopic (exact) mass is 329 g/mol. The average Bonchev–Trinajstić information content (AvgIpc) is 2.52. The zero-order chi connectivity index (χ0) is 17.6. The number of imide groups is 2. The van der Waals surface area contributed by atoms with Crippen molar-refractivity contribution in [2.24, 2.45) is 5.41 Å². The summed E-state index contributed by atoms with van der Waals surface area (Å²) < 4.78 is 0. The van der Waals surface area contributed by atoms with Gasteiger partial charge >= 0.3 is 6.03 Å². The maximum absolute atomic E-state index is 13.2. The second kappa shape index (κ2) is 5.61. The molecule has 6 heteroatoms. The zero-order valence-electron chi connectivity index (χ0n) is 14.5. The van der Waals surface area contributed by atoms with Gasteiger partial charge < -0.3 is 4.90 Å². The first-order valence-electron chi connectivity index (χ1n) is 8.30. The molecule has 6 nitrogen and oxygen atoms in total. The van der Waals surface area contributed by atoms with Gasteiger partial charge in [-0.1, -0.05) is 24.6 Å². The van der Waals surface area contributed by atoms with E-state index >= 15 is 0 Å². The van der Waals surface area contributed by atoms with Gasteiger partial charge in [0.2, 0.25) is 11.8 Å². The summed E-state index contributed by atoms with van der Waals surface area (Å²) in [5.41, 5.74) is 1.83. The molecule has 2 aliphatic heterocycles. The molecule has 0 aromatic heterocycles. The first kappa shape index (κ1) is 16.5. The number of carbonyl (C=O) groups excluding carboxylic acids is 3. The molecule has 2 atom stereocenters. The minimum absolute atomic E-state index is 0.244. The topological polar surface area (TPSA) is 69.7 Å².